The molecule has 3 aromatic heterocycles. The lowest BCUT2D eigenvalue weighted by Gasteiger charge is -2.15. The molecule has 0 radical (unpaired) electrons. The fourth-order valence-electron chi connectivity index (χ4n) is 5.03. The molecule has 4 heterocycles. The number of aromatic nitrogens is 2. The first-order valence-corrected chi connectivity index (χ1v) is 13.3. The third-order valence-electron chi connectivity index (χ3n) is 7.01. The Bertz CT molecular complexity index is 1520. The second-order valence-corrected chi connectivity index (χ2v) is 10.3. The van der Waals surface area contributed by atoms with Crippen LogP contribution in [0.4, 0.5) is 0 Å². The summed E-state index contributed by atoms with van der Waals surface area (Å²) in [6.45, 7) is 3.85. The molecule has 1 saturated heterocycles. The van der Waals surface area contributed by atoms with Gasteiger partial charge in [-0.15, -0.1) is 11.3 Å². The van der Waals surface area contributed by atoms with Crippen molar-refractivity contribution in [1.82, 2.24) is 14.5 Å². The molecule has 6 nitrogen and oxygen atoms in total. The smallest absolute Gasteiger partial charge is 0.211 e. The highest BCUT2D eigenvalue weighted by Crippen LogP contribution is 2.30. The summed E-state index contributed by atoms with van der Waals surface area (Å²) in [5.74, 6) is 2.11. The molecule has 1 unspecified atom stereocenters. The van der Waals surface area contributed by atoms with E-state index in [1.165, 1.54) is 0 Å². The van der Waals surface area contributed by atoms with Crippen LogP contribution < -0.4 is 14.8 Å². The number of aryl methyl sites for hydroxylation is 1. The van der Waals surface area contributed by atoms with Gasteiger partial charge in [-0.3, -0.25) is 4.79 Å². The molecule has 0 saturated carbocycles. The van der Waals surface area contributed by atoms with Crippen LogP contribution in [-0.2, 0) is 13.6 Å². The van der Waals surface area contributed by atoms with Gasteiger partial charge in [-0.2, -0.15) is 0 Å². The van der Waals surface area contributed by atoms with Gasteiger partial charge in [0.05, 0.1) is 29.1 Å². The number of ether oxygens (including phenoxy) is 2. The minimum Gasteiger partial charge on any atom is -0.489 e. The summed E-state index contributed by atoms with van der Waals surface area (Å²) in [6.07, 6.45) is 3.11. The number of para-hydroxylation sites is 3. The first kappa shape index (κ1) is 22.9. The Morgan fingerprint density at radius 2 is 1.86 bits per heavy atom. The predicted octanol–water partition coefficient (Wildman–Crippen LogP) is 5.49. The molecule has 1 N–H and O–H groups in total. The van der Waals surface area contributed by atoms with Gasteiger partial charge in [0.15, 0.2) is 11.5 Å². The van der Waals surface area contributed by atoms with Crippen LogP contribution in [-0.4, -0.2) is 41.2 Å². The summed E-state index contributed by atoms with van der Waals surface area (Å²) in [5, 5.41) is 6.39. The Hall–Kier alpha value is -3.55. The molecule has 36 heavy (non-hydrogen) atoms. The number of nitrogens with one attached hydrogen (secondary N) is 1. The van der Waals surface area contributed by atoms with Crippen LogP contribution in [0.1, 0.15) is 22.5 Å². The molecular formula is C29H29N3O3S. The van der Waals surface area contributed by atoms with Crippen LogP contribution in [0.15, 0.2) is 72.2 Å². The number of hydrogen-bond donors (Lipinski definition) is 1. The molecule has 1 fully saturated rings. The molecule has 2 aromatic carbocycles. The van der Waals surface area contributed by atoms with E-state index in [1.807, 2.05) is 66.3 Å². The average molecular weight is 500 g/mol. The molecule has 0 aliphatic carbocycles. The van der Waals surface area contributed by atoms with Crippen LogP contribution >= 0.6 is 11.3 Å². The number of rotatable bonds is 9. The monoisotopic (exact) mass is 499 g/mol. The molecule has 1 atom stereocenters. The van der Waals surface area contributed by atoms with E-state index in [0.29, 0.717) is 36.9 Å². The van der Waals surface area contributed by atoms with E-state index in [0.717, 1.165) is 52.1 Å². The summed E-state index contributed by atoms with van der Waals surface area (Å²) < 4.78 is 17.5. The van der Waals surface area contributed by atoms with Crippen LogP contribution in [0.3, 0.4) is 0 Å². The van der Waals surface area contributed by atoms with Crippen molar-refractivity contribution in [1.29, 1.82) is 0 Å². The van der Waals surface area contributed by atoms with Crippen molar-refractivity contribution in [2.45, 2.75) is 13.0 Å². The van der Waals surface area contributed by atoms with Gasteiger partial charge in [0.1, 0.15) is 6.61 Å². The normalized spacial score (nSPS) is 15.6. The van der Waals surface area contributed by atoms with Crippen molar-refractivity contribution in [2.75, 3.05) is 26.3 Å². The van der Waals surface area contributed by atoms with Crippen molar-refractivity contribution in [2.24, 2.45) is 13.0 Å². The summed E-state index contributed by atoms with van der Waals surface area (Å²) in [7, 11) is 1.96. The van der Waals surface area contributed by atoms with Crippen molar-refractivity contribution in [3.63, 3.8) is 0 Å². The number of carbonyl (C=O) groups is 1. The quantitative estimate of drug-likeness (QED) is 0.272. The maximum absolute atomic E-state index is 13.6. The van der Waals surface area contributed by atoms with Gasteiger partial charge in [0.25, 0.3) is 0 Å². The van der Waals surface area contributed by atoms with Gasteiger partial charge in [0, 0.05) is 42.2 Å². The standard InChI is InChI=1S/C29H29N3O3S/c1-31-24-11-15-36-28(24)16-25(31)29(33)22-18-32(23-7-3-2-6-21(22)23)13-14-34-26-8-4-5-9-27(26)35-19-20-10-12-30-17-20/h2-9,11,15-16,18,20,30H,10,12-14,17,19H2,1H3. The van der Waals surface area contributed by atoms with Crippen molar-refractivity contribution < 1.29 is 14.3 Å². The van der Waals surface area contributed by atoms with E-state index < -0.39 is 0 Å². The number of fused-ring (bicyclic) bond motifs is 2. The lowest BCUT2D eigenvalue weighted by Crippen LogP contribution is -2.16. The highest BCUT2D eigenvalue weighted by Gasteiger charge is 2.21. The second kappa shape index (κ2) is 9.84. The van der Waals surface area contributed by atoms with E-state index in [1.54, 1.807) is 11.3 Å². The molecule has 0 spiro atoms. The van der Waals surface area contributed by atoms with E-state index in [4.69, 9.17) is 9.47 Å². The van der Waals surface area contributed by atoms with Crippen LogP contribution in [0, 0.1) is 5.92 Å². The zero-order valence-corrected chi connectivity index (χ0v) is 21.1. The van der Waals surface area contributed by atoms with E-state index in [9.17, 15) is 4.79 Å². The van der Waals surface area contributed by atoms with Crippen molar-refractivity contribution in [3.8, 4) is 11.5 Å². The van der Waals surface area contributed by atoms with Gasteiger partial charge in [-0.1, -0.05) is 30.3 Å². The Morgan fingerprint density at radius 1 is 1.06 bits per heavy atom. The highest BCUT2D eigenvalue weighted by molar-refractivity contribution is 7.17. The SMILES string of the molecule is Cn1c(C(=O)c2cn(CCOc3ccccc3OCC3CCNC3)c3ccccc23)cc2sccc21. The van der Waals surface area contributed by atoms with Crippen molar-refractivity contribution in [3.05, 3.63) is 83.5 Å². The largest absolute Gasteiger partial charge is 0.489 e. The molecule has 1 aliphatic rings. The lowest BCUT2D eigenvalue weighted by atomic mass is 10.1. The molecule has 0 amide bonds. The van der Waals surface area contributed by atoms with E-state index in [2.05, 4.69) is 27.4 Å². The number of nitrogens with zero attached hydrogens (tertiary/aromatic N) is 2. The van der Waals surface area contributed by atoms with Gasteiger partial charge >= 0.3 is 0 Å². The molecule has 7 heteroatoms. The van der Waals surface area contributed by atoms with Gasteiger partial charge in [-0.05, 0) is 48.7 Å². The van der Waals surface area contributed by atoms with Crippen molar-refractivity contribution >= 4 is 38.2 Å². The summed E-state index contributed by atoms with van der Waals surface area (Å²) in [5.41, 5.74) is 3.54. The molecule has 1 aliphatic heterocycles. The molecule has 184 valence electrons. The molecule has 5 aromatic rings. The van der Waals surface area contributed by atoms with E-state index in [-0.39, 0.29) is 5.78 Å². The van der Waals surface area contributed by atoms with Gasteiger partial charge < -0.3 is 23.9 Å². The highest BCUT2D eigenvalue weighted by atomic mass is 32.1. The van der Waals surface area contributed by atoms with Crippen LogP contribution in [0.25, 0.3) is 21.1 Å². The lowest BCUT2D eigenvalue weighted by molar-refractivity contribution is 0.103. The first-order valence-electron chi connectivity index (χ1n) is 12.4. The van der Waals surface area contributed by atoms with Crippen LogP contribution in [0.5, 0.6) is 11.5 Å². The predicted molar refractivity (Wildman–Crippen MR) is 145 cm³/mol. The molecular weight excluding hydrogens is 470 g/mol. The summed E-state index contributed by atoms with van der Waals surface area (Å²) in [6, 6.07) is 20.0. The summed E-state index contributed by atoms with van der Waals surface area (Å²) >= 11 is 1.66. The minimum absolute atomic E-state index is 0.0388. The number of benzene rings is 2. The van der Waals surface area contributed by atoms with Crippen LogP contribution in [0.2, 0.25) is 0 Å². The third kappa shape index (κ3) is 4.29. The third-order valence-corrected chi connectivity index (χ3v) is 7.86. The Labute approximate surface area is 214 Å². The zero-order chi connectivity index (χ0) is 24.5. The Kier molecular flexibility index (Phi) is 6.25. The topological polar surface area (TPSA) is 57.4 Å². The number of carbonyl (C=O) groups excluding carboxylic acids is 1. The molecule has 6 rings (SSSR count). The second-order valence-electron chi connectivity index (χ2n) is 9.31. The number of ketones is 1. The molecule has 0 bridgehead atoms. The minimum atomic E-state index is 0.0388. The summed E-state index contributed by atoms with van der Waals surface area (Å²) in [4.78, 5) is 13.6. The Balaban J connectivity index is 1.20. The van der Waals surface area contributed by atoms with Gasteiger partial charge in [0.2, 0.25) is 5.78 Å². The fourth-order valence-corrected chi connectivity index (χ4v) is 5.87. The van der Waals surface area contributed by atoms with Gasteiger partial charge in [-0.25, -0.2) is 0 Å². The maximum Gasteiger partial charge on any atom is 0.211 e. The Morgan fingerprint density at radius 3 is 2.67 bits per heavy atom. The first-order chi connectivity index (χ1) is 17.7. The number of hydrogen-bond acceptors (Lipinski definition) is 5. The average Bonchev–Trinajstić information content (AvgIpc) is 3.69. The fraction of sp³-hybridized carbons (Fsp3) is 0.276. The zero-order valence-electron chi connectivity index (χ0n) is 20.3. The number of thiophene rings is 1. The van der Waals surface area contributed by atoms with E-state index >= 15 is 0 Å². The maximum atomic E-state index is 13.6.